The van der Waals surface area contributed by atoms with Gasteiger partial charge in [0.1, 0.15) is 0 Å². The van der Waals surface area contributed by atoms with E-state index in [-0.39, 0.29) is 5.54 Å². The monoisotopic (exact) mass is 129 g/mol. The van der Waals surface area contributed by atoms with E-state index in [9.17, 15) is 0 Å². The van der Waals surface area contributed by atoms with Gasteiger partial charge in [-0.15, -0.1) is 0 Å². The minimum absolute atomic E-state index is 0.222. The lowest BCUT2D eigenvalue weighted by molar-refractivity contribution is 0.0995. The van der Waals surface area contributed by atoms with Crippen molar-refractivity contribution in [2.75, 3.05) is 13.8 Å². The van der Waals surface area contributed by atoms with Gasteiger partial charge in [0.25, 0.3) is 0 Å². The summed E-state index contributed by atoms with van der Waals surface area (Å²) in [7, 11) is 2.09. The van der Waals surface area contributed by atoms with Crippen LogP contribution in [0.4, 0.5) is 0 Å². The van der Waals surface area contributed by atoms with Crippen molar-refractivity contribution in [3.63, 3.8) is 0 Å². The van der Waals surface area contributed by atoms with Gasteiger partial charge in [-0.05, 0) is 27.8 Å². The number of ether oxygens (including phenoxy) is 1. The van der Waals surface area contributed by atoms with E-state index in [2.05, 4.69) is 32.7 Å². The van der Waals surface area contributed by atoms with E-state index in [1.165, 1.54) is 0 Å². The average Bonchev–Trinajstić information content (AvgIpc) is 1.96. The molecule has 2 nitrogen and oxygen atoms in total. The molecule has 1 rings (SSSR count). The van der Waals surface area contributed by atoms with Gasteiger partial charge in [-0.1, -0.05) is 0 Å². The summed E-state index contributed by atoms with van der Waals surface area (Å²) in [6.45, 7) is 7.28. The van der Waals surface area contributed by atoms with Crippen molar-refractivity contribution in [1.29, 1.82) is 0 Å². The van der Waals surface area contributed by atoms with Crippen molar-refractivity contribution < 1.29 is 4.74 Å². The smallest absolute Gasteiger partial charge is 0.0997 e. The molecule has 9 heavy (non-hydrogen) atoms. The largest absolute Gasteiger partial charge is 0.361 e. The molecule has 0 bridgehead atoms. The summed E-state index contributed by atoms with van der Waals surface area (Å²) in [4.78, 5) is 2.22. The highest BCUT2D eigenvalue weighted by Gasteiger charge is 2.36. The molecule has 0 aromatic carbocycles. The van der Waals surface area contributed by atoms with Crippen molar-refractivity contribution in [2.45, 2.75) is 32.4 Å². The minimum Gasteiger partial charge on any atom is -0.361 e. The maximum atomic E-state index is 5.41. The first-order valence-electron chi connectivity index (χ1n) is 3.38. The average molecular weight is 129 g/mol. The summed E-state index contributed by atoms with van der Waals surface area (Å²) < 4.78 is 5.41. The van der Waals surface area contributed by atoms with E-state index in [1.807, 2.05) is 0 Å². The van der Waals surface area contributed by atoms with E-state index < -0.39 is 0 Å². The Kier molecular flexibility index (Phi) is 1.53. The summed E-state index contributed by atoms with van der Waals surface area (Å²) in [6.07, 6.45) is 0.363. The van der Waals surface area contributed by atoms with E-state index in [1.54, 1.807) is 0 Å². The molecule has 0 aromatic rings. The molecule has 1 atom stereocenters. The SMILES string of the molecule is CC1OCN(C)C1(C)C. The van der Waals surface area contributed by atoms with Crippen LogP contribution in [0.5, 0.6) is 0 Å². The summed E-state index contributed by atoms with van der Waals surface area (Å²) in [5, 5.41) is 0. The van der Waals surface area contributed by atoms with Gasteiger partial charge in [-0.25, -0.2) is 0 Å². The maximum absolute atomic E-state index is 5.41. The van der Waals surface area contributed by atoms with Crippen LogP contribution in [-0.2, 0) is 4.74 Å². The van der Waals surface area contributed by atoms with Gasteiger partial charge < -0.3 is 4.74 Å². The van der Waals surface area contributed by atoms with Gasteiger partial charge in [-0.2, -0.15) is 0 Å². The molecule has 1 heterocycles. The molecule has 54 valence electrons. The Hall–Kier alpha value is -0.0800. The Morgan fingerprint density at radius 2 is 2.11 bits per heavy atom. The van der Waals surface area contributed by atoms with Crippen LogP contribution in [0, 0.1) is 0 Å². The molecule has 1 aliphatic heterocycles. The van der Waals surface area contributed by atoms with Crippen LogP contribution in [0.1, 0.15) is 20.8 Å². The summed E-state index contributed by atoms with van der Waals surface area (Å²) in [5.74, 6) is 0. The normalized spacial score (nSPS) is 35.3. The summed E-state index contributed by atoms with van der Waals surface area (Å²) in [6, 6.07) is 0. The van der Waals surface area contributed by atoms with Gasteiger partial charge >= 0.3 is 0 Å². The Morgan fingerprint density at radius 1 is 1.56 bits per heavy atom. The van der Waals surface area contributed by atoms with Crippen molar-refractivity contribution in [2.24, 2.45) is 0 Å². The Bertz CT molecular complexity index is 99.5. The fourth-order valence-electron chi connectivity index (χ4n) is 0.904. The van der Waals surface area contributed by atoms with Crippen LogP contribution in [-0.4, -0.2) is 30.3 Å². The second-order valence-corrected chi connectivity index (χ2v) is 3.29. The molecule has 1 fully saturated rings. The number of rotatable bonds is 0. The highest BCUT2D eigenvalue weighted by atomic mass is 16.5. The first-order valence-corrected chi connectivity index (χ1v) is 3.38. The third-order valence-corrected chi connectivity index (χ3v) is 2.50. The zero-order valence-corrected chi connectivity index (χ0v) is 6.64. The maximum Gasteiger partial charge on any atom is 0.0997 e. The number of hydrogen-bond donors (Lipinski definition) is 0. The predicted molar refractivity (Wildman–Crippen MR) is 37.3 cm³/mol. The van der Waals surface area contributed by atoms with Gasteiger partial charge in [-0.3, -0.25) is 4.90 Å². The second-order valence-electron chi connectivity index (χ2n) is 3.29. The molecule has 0 aromatic heterocycles. The molecule has 1 saturated heterocycles. The topological polar surface area (TPSA) is 12.5 Å². The minimum atomic E-state index is 0.222. The third-order valence-electron chi connectivity index (χ3n) is 2.50. The van der Waals surface area contributed by atoms with E-state index in [4.69, 9.17) is 4.74 Å². The molecule has 0 saturated carbocycles. The zero-order chi connectivity index (χ0) is 7.07. The Labute approximate surface area is 56.8 Å². The molecule has 2 heteroatoms. The first-order chi connectivity index (χ1) is 4.05. The highest BCUT2D eigenvalue weighted by Crippen LogP contribution is 2.25. The lowest BCUT2D eigenvalue weighted by Crippen LogP contribution is -2.41. The van der Waals surface area contributed by atoms with Gasteiger partial charge in [0.05, 0.1) is 12.8 Å². The third kappa shape index (κ3) is 0.970. The molecule has 1 aliphatic rings. The number of hydrogen-bond acceptors (Lipinski definition) is 2. The molecular weight excluding hydrogens is 114 g/mol. The van der Waals surface area contributed by atoms with E-state index >= 15 is 0 Å². The lowest BCUT2D eigenvalue weighted by Gasteiger charge is -2.28. The highest BCUT2D eigenvalue weighted by molar-refractivity contribution is 4.88. The van der Waals surface area contributed by atoms with Gasteiger partial charge in [0.2, 0.25) is 0 Å². The molecule has 0 spiro atoms. The number of nitrogens with zero attached hydrogens (tertiary/aromatic N) is 1. The van der Waals surface area contributed by atoms with Crippen LogP contribution < -0.4 is 0 Å². The summed E-state index contributed by atoms with van der Waals surface area (Å²) in [5.41, 5.74) is 0.222. The number of likely N-dealkylation sites (N-methyl/N-ethyl adjacent to an activating group) is 1. The van der Waals surface area contributed by atoms with Crippen LogP contribution in [0.25, 0.3) is 0 Å². The molecule has 0 N–H and O–H groups in total. The van der Waals surface area contributed by atoms with E-state index in [0.29, 0.717) is 6.10 Å². The van der Waals surface area contributed by atoms with Crippen molar-refractivity contribution in [3.8, 4) is 0 Å². The van der Waals surface area contributed by atoms with E-state index in [0.717, 1.165) is 6.73 Å². The Balaban J connectivity index is 2.66. The van der Waals surface area contributed by atoms with Gasteiger partial charge in [0.15, 0.2) is 0 Å². The van der Waals surface area contributed by atoms with Crippen molar-refractivity contribution in [3.05, 3.63) is 0 Å². The Morgan fingerprint density at radius 3 is 2.22 bits per heavy atom. The molecular formula is C7H15NO. The first kappa shape index (κ1) is 7.03. The molecule has 0 radical (unpaired) electrons. The van der Waals surface area contributed by atoms with Crippen LogP contribution >= 0.6 is 0 Å². The molecule has 0 aliphatic carbocycles. The predicted octanol–water partition coefficient (Wildman–Crippen LogP) is 1.07. The zero-order valence-electron chi connectivity index (χ0n) is 6.64. The van der Waals surface area contributed by atoms with Gasteiger partial charge in [0, 0.05) is 5.54 Å². The fourth-order valence-corrected chi connectivity index (χ4v) is 0.904. The summed E-state index contributed by atoms with van der Waals surface area (Å²) >= 11 is 0. The molecule has 1 unspecified atom stereocenters. The standard InChI is InChI=1S/C7H15NO/c1-6-7(2,3)8(4)5-9-6/h6H,5H2,1-4H3. The van der Waals surface area contributed by atoms with Crippen LogP contribution in [0.15, 0.2) is 0 Å². The van der Waals surface area contributed by atoms with Crippen molar-refractivity contribution >= 4 is 0 Å². The second kappa shape index (κ2) is 1.96. The lowest BCUT2D eigenvalue weighted by atomic mass is 9.99. The van der Waals surface area contributed by atoms with Crippen LogP contribution in [0.2, 0.25) is 0 Å². The quantitative estimate of drug-likeness (QED) is 0.485. The fraction of sp³-hybridized carbons (Fsp3) is 1.00. The molecule has 0 amide bonds. The van der Waals surface area contributed by atoms with Crippen molar-refractivity contribution in [1.82, 2.24) is 4.90 Å². The van der Waals surface area contributed by atoms with Crippen LogP contribution in [0.3, 0.4) is 0 Å².